The molecule has 4 aromatic carbocycles. The fraction of sp³-hybridized carbons (Fsp3) is 0.125. The SMILES string of the molecule is COc1cc(C=NNC(=O)CN2C(=O)CN=C(c3ccccc3)c3cc(Br)ccc32)cc(Br)c1OCc1ccccc1Cl. The first-order valence-corrected chi connectivity index (χ1v) is 15.1. The number of rotatable bonds is 9. The summed E-state index contributed by atoms with van der Waals surface area (Å²) in [6, 6.07) is 26.1. The molecule has 43 heavy (non-hydrogen) atoms. The van der Waals surface area contributed by atoms with Crippen LogP contribution in [0.1, 0.15) is 22.3 Å². The van der Waals surface area contributed by atoms with Crippen LogP contribution in [0.15, 0.2) is 104 Å². The molecule has 0 spiro atoms. The van der Waals surface area contributed by atoms with Gasteiger partial charge >= 0.3 is 0 Å². The van der Waals surface area contributed by atoms with Crippen molar-refractivity contribution in [3.8, 4) is 11.5 Å². The summed E-state index contributed by atoms with van der Waals surface area (Å²) in [6.45, 7) is -0.0681. The van der Waals surface area contributed by atoms with Crippen molar-refractivity contribution in [2.45, 2.75) is 6.61 Å². The number of aliphatic imine (C=N–C) groups is 1. The van der Waals surface area contributed by atoms with E-state index in [9.17, 15) is 9.59 Å². The molecule has 0 fully saturated rings. The van der Waals surface area contributed by atoms with E-state index in [-0.39, 0.29) is 25.6 Å². The van der Waals surface area contributed by atoms with Crippen LogP contribution >= 0.6 is 43.5 Å². The van der Waals surface area contributed by atoms with Crippen LogP contribution in [0, 0.1) is 0 Å². The smallest absolute Gasteiger partial charge is 0.260 e. The van der Waals surface area contributed by atoms with Gasteiger partial charge in [-0.15, -0.1) is 0 Å². The summed E-state index contributed by atoms with van der Waals surface area (Å²) in [6.07, 6.45) is 1.48. The number of hydrogen-bond acceptors (Lipinski definition) is 6. The van der Waals surface area contributed by atoms with Gasteiger partial charge < -0.3 is 14.4 Å². The Morgan fingerprint density at radius 3 is 2.60 bits per heavy atom. The monoisotopic (exact) mass is 722 g/mol. The number of hydrazone groups is 1. The first kappa shape index (κ1) is 30.5. The highest BCUT2D eigenvalue weighted by Gasteiger charge is 2.27. The highest BCUT2D eigenvalue weighted by molar-refractivity contribution is 9.10. The molecule has 11 heteroatoms. The first-order chi connectivity index (χ1) is 20.8. The van der Waals surface area contributed by atoms with Crippen molar-refractivity contribution in [3.05, 3.63) is 121 Å². The number of fused-ring (bicyclic) bond motifs is 1. The quantitative estimate of drug-likeness (QED) is 0.152. The van der Waals surface area contributed by atoms with E-state index >= 15 is 0 Å². The first-order valence-electron chi connectivity index (χ1n) is 13.1. The molecule has 0 atom stereocenters. The Bertz CT molecular complexity index is 1730. The number of nitrogens with one attached hydrogen (secondary N) is 1. The summed E-state index contributed by atoms with van der Waals surface area (Å²) in [4.78, 5) is 32.1. The van der Waals surface area contributed by atoms with Gasteiger partial charge in [-0.3, -0.25) is 14.6 Å². The summed E-state index contributed by atoms with van der Waals surface area (Å²) in [5.41, 5.74) is 6.91. The summed E-state index contributed by atoms with van der Waals surface area (Å²) in [7, 11) is 1.54. The number of anilines is 1. The van der Waals surface area contributed by atoms with Gasteiger partial charge in [-0.25, -0.2) is 5.43 Å². The van der Waals surface area contributed by atoms with E-state index in [1.807, 2.05) is 60.7 Å². The minimum absolute atomic E-state index is 0.0915. The third kappa shape index (κ3) is 7.33. The number of halogens is 3. The van der Waals surface area contributed by atoms with Crippen molar-refractivity contribution >= 4 is 72.9 Å². The van der Waals surface area contributed by atoms with E-state index < -0.39 is 5.91 Å². The molecule has 2 amide bonds. The predicted molar refractivity (Wildman–Crippen MR) is 176 cm³/mol. The van der Waals surface area contributed by atoms with Gasteiger partial charge in [0, 0.05) is 26.2 Å². The maximum atomic E-state index is 13.1. The maximum absolute atomic E-state index is 13.1. The summed E-state index contributed by atoms with van der Waals surface area (Å²) in [5.74, 6) is 0.217. The number of hydrogen-bond donors (Lipinski definition) is 1. The van der Waals surface area contributed by atoms with Crippen LogP contribution in [-0.2, 0) is 16.2 Å². The Morgan fingerprint density at radius 2 is 1.84 bits per heavy atom. The largest absolute Gasteiger partial charge is 0.493 e. The van der Waals surface area contributed by atoms with Gasteiger partial charge in [0.05, 0.1) is 29.2 Å². The molecule has 0 aliphatic carbocycles. The topological polar surface area (TPSA) is 92.6 Å². The van der Waals surface area contributed by atoms with E-state index in [0.717, 1.165) is 21.2 Å². The minimum atomic E-state index is -0.465. The third-order valence-corrected chi connectivity index (χ3v) is 7.96. The van der Waals surface area contributed by atoms with Crippen LogP contribution in [0.2, 0.25) is 5.02 Å². The number of carbonyl (C=O) groups excluding carboxylic acids is 2. The Labute approximate surface area is 270 Å². The number of nitrogens with zero attached hydrogens (tertiary/aromatic N) is 3. The summed E-state index contributed by atoms with van der Waals surface area (Å²) >= 11 is 13.3. The van der Waals surface area contributed by atoms with Crippen LogP contribution in [0.25, 0.3) is 0 Å². The Morgan fingerprint density at radius 1 is 1.07 bits per heavy atom. The lowest BCUT2D eigenvalue weighted by Gasteiger charge is -2.22. The molecule has 218 valence electrons. The molecule has 1 aliphatic heterocycles. The van der Waals surface area contributed by atoms with Crippen LogP contribution in [-0.4, -0.2) is 43.9 Å². The zero-order valence-corrected chi connectivity index (χ0v) is 26.8. The van der Waals surface area contributed by atoms with E-state index in [0.29, 0.717) is 38.0 Å². The predicted octanol–water partition coefficient (Wildman–Crippen LogP) is 6.79. The normalized spacial score (nSPS) is 12.9. The van der Waals surface area contributed by atoms with Gasteiger partial charge in [0.25, 0.3) is 5.91 Å². The molecule has 8 nitrogen and oxygen atoms in total. The standard InChI is InChI=1S/C32H25Br2ClN4O4/c1-42-28-14-20(13-25(34)32(28)43-19-22-9-5-6-10-26(22)35)16-37-38-29(40)18-39-27-12-11-23(33)15-24(27)31(36-17-30(39)41)21-7-3-2-4-8-21/h2-16H,17-19H2,1H3,(H,38,40). The molecule has 1 N–H and O–H groups in total. The molecule has 0 radical (unpaired) electrons. The van der Waals surface area contributed by atoms with E-state index in [1.54, 1.807) is 24.3 Å². The molecule has 5 rings (SSSR count). The van der Waals surface area contributed by atoms with Crippen LogP contribution in [0.3, 0.4) is 0 Å². The van der Waals surface area contributed by atoms with Crippen LogP contribution in [0.5, 0.6) is 11.5 Å². The molecule has 4 aromatic rings. The molecule has 0 saturated heterocycles. The van der Waals surface area contributed by atoms with E-state index in [2.05, 4.69) is 47.4 Å². The Balaban J connectivity index is 1.28. The summed E-state index contributed by atoms with van der Waals surface area (Å²) < 4.78 is 13.0. The molecule has 0 bridgehead atoms. The van der Waals surface area contributed by atoms with Gasteiger partial charge in [0.15, 0.2) is 11.5 Å². The second-order valence-electron chi connectivity index (χ2n) is 9.38. The number of carbonyl (C=O) groups is 2. The third-order valence-electron chi connectivity index (χ3n) is 6.51. The van der Waals surface area contributed by atoms with Crippen LogP contribution in [0.4, 0.5) is 5.69 Å². The molecular formula is C32H25Br2ClN4O4. The van der Waals surface area contributed by atoms with Gasteiger partial charge in [-0.1, -0.05) is 76.1 Å². The lowest BCUT2D eigenvalue weighted by atomic mass is 10.0. The van der Waals surface area contributed by atoms with Crippen LogP contribution < -0.4 is 19.8 Å². The molecule has 1 heterocycles. The lowest BCUT2D eigenvalue weighted by molar-refractivity contribution is -0.123. The van der Waals surface area contributed by atoms with Gasteiger partial charge in [0.2, 0.25) is 5.91 Å². The summed E-state index contributed by atoms with van der Waals surface area (Å²) in [5, 5.41) is 4.72. The zero-order chi connectivity index (χ0) is 30.3. The molecule has 0 unspecified atom stereocenters. The minimum Gasteiger partial charge on any atom is -0.493 e. The van der Waals surface area contributed by atoms with Crippen molar-refractivity contribution in [2.24, 2.45) is 10.1 Å². The fourth-order valence-electron chi connectivity index (χ4n) is 4.48. The maximum Gasteiger partial charge on any atom is 0.260 e. The molecule has 0 aromatic heterocycles. The number of ether oxygens (including phenoxy) is 2. The zero-order valence-electron chi connectivity index (χ0n) is 22.9. The van der Waals surface area contributed by atoms with E-state index in [4.69, 9.17) is 21.1 Å². The van der Waals surface area contributed by atoms with Crippen molar-refractivity contribution in [3.63, 3.8) is 0 Å². The van der Waals surface area contributed by atoms with Crippen molar-refractivity contribution in [1.29, 1.82) is 0 Å². The average Bonchev–Trinajstić information content (AvgIpc) is 3.13. The van der Waals surface area contributed by atoms with E-state index in [1.165, 1.54) is 18.2 Å². The second kappa shape index (κ2) is 14.0. The Kier molecular flexibility index (Phi) is 9.91. The number of methoxy groups -OCH3 is 1. The average molecular weight is 725 g/mol. The van der Waals surface area contributed by atoms with Crippen molar-refractivity contribution < 1.29 is 19.1 Å². The molecule has 1 aliphatic rings. The highest BCUT2D eigenvalue weighted by atomic mass is 79.9. The second-order valence-corrected chi connectivity index (χ2v) is 11.6. The fourth-order valence-corrected chi connectivity index (χ4v) is 5.60. The highest BCUT2D eigenvalue weighted by Crippen LogP contribution is 2.37. The number of benzene rings is 4. The van der Waals surface area contributed by atoms with Gasteiger partial charge in [0.1, 0.15) is 19.7 Å². The number of benzodiazepines with no additional fused rings is 1. The molecule has 0 saturated carbocycles. The molecular weight excluding hydrogens is 700 g/mol. The number of amides is 2. The van der Waals surface area contributed by atoms with Crippen molar-refractivity contribution in [2.75, 3.05) is 25.1 Å². The van der Waals surface area contributed by atoms with Crippen molar-refractivity contribution in [1.82, 2.24) is 5.43 Å². The lowest BCUT2D eigenvalue weighted by Crippen LogP contribution is -2.40. The van der Waals surface area contributed by atoms with Gasteiger partial charge in [-0.2, -0.15) is 5.10 Å². The Hall–Kier alpha value is -3.99. The van der Waals surface area contributed by atoms with Gasteiger partial charge in [-0.05, 0) is 57.9 Å².